The van der Waals surface area contributed by atoms with Gasteiger partial charge in [-0.3, -0.25) is 29.2 Å². The first-order chi connectivity index (χ1) is 30.8. The third-order valence-electron chi connectivity index (χ3n) is 13.1. The molecule has 3 aliphatic heterocycles. The van der Waals surface area contributed by atoms with E-state index in [1.54, 1.807) is 4.68 Å². The minimum Gasteiger partial charge on any atom is -0.494 e. The van der Waals surface area contributed by atoms with E-state index in [0.29, 0.717) is 50.2 Å². The number of carbonyl (C=O) groups excluding carboxylic acids is 4. The Morgan fingerprint density at radius 3 is 2.50 bits per heavy atom. The molecule has 13 nitrogen and oxygen atoms in total. The van der Waals surface area contributed by atoms with Gasteiger partial charge in [-0.05, 0) is 68.0 Å². The molecule has 4 aromatic carbocycles. The number of nitrogens with zero attached hydrogens (tertiary/aromatic N) is 3. The van der Waals surface area contributed by atoms with Crippen LogP contribution in [0.5, 0.6) is 11.5 Å². The number of rotatable bonds is 15. The second-order valence-electron chi connectivity index (χ2n) is 16.9. The molecule has 1 aromatic heterocycles. The quantitative estimate of drug-likeness (QED) is 0.0616. The molecular formula is C48H52ClF2N7O6. The summed E-state index contributed by atoms with van der Waals surface area (Å²) in [6.07, 6.45) is 5.21. The average Bonchev–Trinajstić information content (AvgIpc) is 3.76. The third-order valence-corrected chi connectivity index (χ3v) is 13.5. The fraction of sp³-hybridized carbons (Fsp3) is 0.396. The Balaban J connectivity index is 0.855. The maximum Gasteiger partial charge on any atom is 0.249 e. The number of hydrogen-bond donors (Lipinski definition) is 4. The lowest BCUT2D eigenvalue weighted by Gasteiger charge is -2.38. The zero-order chi connectivity index (χ0) is 45.3. The summed E-state index contributed by atoms with van der Waals surface area (Å²) in [6, 6.07) is 19.4. The first-order valence-corrected chi connectivity index (χ1v) is 22.2. The van der Waals surface area contributed by atoms with Crippen molar-refractivity contribution >= 4 is 51.8 Å². The number of primary amides is 1. The van der Waals surface area contributed by atoms with E-state index in [2.05, 4.69) is 21.0 Å². The molecule has 336 valence electrons. The zero-order valence-corrected chi connectivity index (χ0v) is 36.8. The van der Waals surface area contributed by atoms with Gasteiger partial charge >= 0.3 is 0 Å². The molecule has 2 fully saturated rings. The number of likely N-dealkylation sites (tertiary alicyclic amines) is 1. The number of nitrogens with one attached hydrogen (secondary N) is 3. The van der Waals surface area contributed by atoms with Crippen molar-refractivity contribution in [2.45, 2.75) is 81.8 Å². The van der Waals surface area contributed by atoms with E-state index in [9.17, 15) is 19.2 Å². The van der Waals surface area contributed by atoms with Crippen molar-refractivity contribution in [3.63, 3.8) is 0 Å². The summed E-state index contributed by atoms with van der Waals surface area (Å²) in [5, 5.41) is 14.7. The predicted molar refractivity (Wildman–Crippen MR) is 239 cm³/mol. The maximum absolute atomic E-state index is 16.2. The molecule has 4 amide bonds. The summed E-state index contributed by atoms with van der Waals surface area (Å²) in [4.78, 5) is 52.0. The fourth-order valence-corrected chi connectivity index (χ4v) is 9.83. The van der Waals surface area contributed by atoms with Gasteiger partial charge in [0.15, 0.2) is 17.2 Å². The average molecular weight is 896 g/mol. The summed E-state index contributed by atoms with van der Waals surface area (Å²) in [7, 11) is 3.14. The number of imide groups is 1. The number of carbonyl (C=O) groups is 4. The number of unbranched alkanes of at least 4 members (excludes halogenated alkanes) is 2. The maximum atomic E-state index is 16.2. The lowest BCUT2D eigenvalue weighted by atomic mass is 9.77. The van der Waals surface area contributed by atoms with Gasteiger partial charge in [0.25, 0.3) is 0 Å². The number of anilines is 1. The van der Waals surface area contributed by atoms with Gasteiger partial charge in [-0.15, -0.1) is 0 Å². The molecule has 3 aliphatic rings. The minimum absolute atomic E-state index is 0.0126. The molecule has 5 N–H and O–H groups in total. The Bertz CT molecular complexity index is 2620. The van der Waals surface area contributed by atoms with Crippen LogP contribution in [-0.2, 0) is 27.0 Å². The van der Waals surface area contributed by atoms with Gasteiger partial charge in [-0.25, -0.2) is 8.78 Å². The summed E-state index contributed by atoms with van der Waals surface area (Å²) >= 11 is 6.66. The van der Waals surface area contributed by atoms with E-state index in [4.69, 9.17) is 26.8 Å². The normalized spacial score (nSPS) is 19.9. The highest BCUT2D eigenvalue weighted by molar-refractivity contribution is 6.34. The lowest BCUT2D eigenvalue weighted by molar-refractivity contribution is -0.134. The number of amides is 4. The van der Waals surface area contributed by atoms with Crippen LogP contribution in [0.15, 0.2) is 66.7 Å². The molecule has 16 heteroatoms. The topological polar surface area (TPSA) is 170 Å². The van der Waals surface area contributed by atoms with E-state index >= 15 is 8.78 Å². The molecule has 8 rings (SSSR count). The molecule has 3 unspecified atom stereocenters. The SMILES string of the molecule is COc1ccc(C(N)=O)c(-c2c(Cl)c(F)cc3c2C(C)C(CNC2CCN(C(=O)CCCCCNc4ccc5c(C6CCC(=O)NC6=O)nn(C)c5c4)CC2)(c2ccccc2)O3)c1F. The minimum atomic E-state index is -1.08. The Morgan fingerprint density at radius 1 is 1.02 bits per heavy atom. The number of fused-ring (bicyclic) bond motifs is 2. The van der Waals surface area contributed by atoms with Gasteiger partial charge in [0.1, 0.15) is 11.6 Å². The van der Waals surface area contributed by atoms with E-state index in [0.717, 1.165) is 60.8 Å². The molecular weight excluding hydrogens is 844 g/mol. The molecule has 0 aliphatic carbocycles. The predicted octanol–water partition coefficient (Wildman–Crippen LogP) is 7.44. The molecule has 0 radical (unpaired) electrons. The highest BCUT2D eigenvalue weighted by Gasteiger charge is 2.50. The van der Waals surface area contributed by atoms with Crippen molar-refractivity contribution in [1.82, 2.24) is 25.3 Å². The standard InChI is InChI=1S/C48H52ClF2N7O6/c1-27-40-37(25-34(50)43(49)42(40)41-32(46(52)61)15-17-36(63-3)44(41)51)64-48(27,28-10-6-4-7-11-28)26-54-29-19-22-58(23-20-29)39(60)12-8-5-9-21-53-30-13-14-31-35(24-30)57(2)56-45(31)33-16-18-38(59)55-47(33)62/h4,6-7,10-11,13-15,17,24-25,27,29,33,53-54H,5,8-9,12,16,18-23,26H2,1-3H3,(H2,52,61)(H,55,59,62). The Hall–Kier alpha value is -6.06. The number of halogens is 3. The largest absolute Gasteiger partial charge is 0.494 e. The Labute approximate surface area is 375 Å². The molecule has 0 saturated carbocycles. The number of benzene rings is 4. The molecule has 2 saturated heterocycles. The van der Waals surface area contributed by atoms with Crippen LogP contribution in [0.3, 0.4) is 0 Å². The van der Waals surface area contributed by atoms with Gasteiger partial charge in [0.05, 0.1) is 34.8 Å². The van der Waals surface area contributed by atoms with Crippen molar-refractivity contribution in [2.24, 2.45) is 12.8 Å². The van der Waals surface area contributed by atoms with Gasteiger partial charge < -0.3 is 30.7 Å². The summed E-state index contributed by atoms with van der Waals surface area (Å²) in [6.45, 7) is 4.17. The highest BCUT2D eigenvalue weighted by Crippen LogP contribution is 2.56. The van der Waals surface area contributed by atoms with Gasteiger partial charge in [0, 0.05) is 91.9 Å². The second kappa shape index (κ2) is 18.6. The van der Waals surface area contributed by atoms with Crippen LogP contribution in [0.4, 0.5) is 14.5 Å². The zero-order valence-electron chi connectivity index (χ0n) is 36.1. The number of aryl methyl sites for hydroxylation is 1. The van der Waals surface area contributed by atoms with Crippen molar-refractivity contribution in [1.29, 1.82) is 0 Å². The number of nitrogens with two attached hydrogens (primary N) is 1. The Kier molecular flexibility index (Phi) is 12.9. The summed E-state index contributed by atoms with van der Waals surface area (Å²) in [5.41, 5.74) is 7.98. The first kappa shape index (κ1) is 44.5. The van der Waals surface area contributed by atoms with Crippen LogP contribution < -0.4 is 31.2 Å². The highest BCUT2D eigenvalue weighted by atomic mass is 35.5. The second-order valence-corrected chi connectivity index (χ2v) is 17.3. The number of ether oxygens (including phenoxy) is 2. The monoisotopic (exact) mass is 895 g/mol. The van der Waals surface area contributed by atoms with Crippen molar-refractivity contribution in [3.05, 3.63) is 106 Å². The number of methoxy groups -OCH3 is 1. The first-order valence-electron chi connectivity index (χ1n) is 21.8. The number of hydrogen-bond acceptors (Lipinski definition) is 9. The van der Waals surface area contributed by atoms with Crippen LogP contribution in [0.1, 0.15) is 97.3 Å². The third kappa shape index (κ3) is 8.50. The molecule has 0 bridgehead atoms. The molecule has 3 atom stereocenters. The van der Waals surface area contributed by atoms with Crippen LogP contribution in [0, 0.1) is 11.6 Å². The van der Waals surface area contributed by atoms with E-state index in [1.165, 1.54) is 25.3 Å². The van der Waals surface area contributed by atoms with Gasteiger partial charge in [-0.1, -0.05) is 55.3 Å². The van der Waals surface area contributed by atoms with Crippen LogP contribution in [-0.4, -0.2) is 77.6 Å². The summed E-state index contributed by atoms with van der Waals surface area (Å²) in [5.74, 6) is -4.01. The van der Waals surface area contributed by atoms with Crippen LogP contribution >= 0.6 is 11.6 Å². The van der Waals surface area contributed by atoms with Gasteiger partial charge in [0.2, 0.25) is 23.6 Å². The lowest BCUT2D eigenvalue weighted by Crippen LogP contribution is -2.50. The number of piperidine rings is 2. The van der Waals surface area contributed by atoms with Crippen molar-refractivity contribution in [3.8, 4) is 22.6 Å². The van der Waals surface area contributed by atoms with Crippen LogP contribution in [0.25, 0.3) is 22.0 Å². The van der Waals surface area contributed by atoms with E-state index in [-0.39, 0.29) is 57.0 Å². The fourth-order valence-electron chi connectivity index (χ4n) is 9.58. The molecule has 64 heavy (non-hydrogen) atoms. The van der Waals surface area contributed by atoms with Gasteiger partial charge in [-0.2, -0.15) is 5.10 Å². The Morgan fingerprint density at radius 2 is 1.78 bits per heavy atom. The van der Waals surface area contributed by atoms with Crippen LogP contribution in [0.2, 0.25) is 5.02 Å². The van der Waals surface area contributed by atoms with Crippen molar-refractivity contribution in [2.75, 3.05) is 38.6 Å². The van der Waals surface area contributed by atoms with Crippen molar-refractivity contribution < 1.29 is 37.4 Å². The van der Waals surface area contributed by atoms with E-state index < -0.39 is 35.0 Å². The molecule has 0 spiro atoms. The molecule has 4 heterocycles. The smallest absolute Gasteiger partial charge is 0.249 e. The van der Waals surface area contributed by atoms with E-state index in [1.807, 2.05) is 67.4 Å². The molecule has 5 aromatic rings. The number of aromatic nitrogens is 2. The summed E-state index contributed by atoms with van der Waals surface area (Å²) < 4.78 is 45.6.